The van der Waals surface area contributed by atoms with Crippen LogP contribution in [0.2, 0.25) is 0 Å². The maximum atomic E-state index is 12.9. The van der Waals surface area contributed by atoms with Gasteiger partial charge in [0.05, 0.1) is 21.7 Å². The van der Waals surface area contributed by atoms with Crippen molar-refractivity contribution in [1.82, 2.24) is 0 Å². The lowest BCUT2D eigenvalue weighted by Crippen LogP contribution is -2.48. The summed E-state index contributed by atoms with van der Waals surface area (Å²) in [6.07, 6.45) is -5.51. The molecule has 12 heteroatoms. The lowest BCUT2D eigenvalue weighted by atomic mass is 9.95. The fourth-order valence-corrected chi connectivity index (χ4v) is 2.83. The van der Waals surface area contributed by atoms with Crippen molar-refractivity contribution in [2.75, 3.05) is 6.61 Å². The van der Waals surface area contributed by atoms with E-state index >= 15 is 0 Å². The van der Waals surface area contributed by atoms with Crippen LogP contribution in [0.4, 0.5) is 0 Å². The molecular formula is C26H43N3O9. The molecule has 0 amide bonds. The third kappa shape index (κ3) is 9.16. The van der Waals surface area contributed by atoms with Crippen LogP contribution in [-0.2, 0) is 42.9 Å². The first kappa shape index (κ1) is 33.2. The normalized spacial score (nSPS) is 23.1. The number of rotatable bonds is 7. The molecule has 0 radical (unpaired) electrons. The van der Waals surface area contributed by atoms with E-state index in [0.29, 0.717) is 0 Å². The van der Waals surface area contributed by atoms with Gasteiger partial charge >= 0.3 is 23.9 Å². The maximum Gasteiger partial charge on any atom is 0.313 e. The van der Waals surface area contributed by atoms with Gasteiger partial charge in [-0.15, -0.1) is 0 Å². The van der Waals surface area contributed by atoms with Gasteiger partial charge in [0.1, 0.15) is 18.8 Å². The average molecular weight is 542 g/mol. The van der Waals surface area contributed by atoms with Gasteiger partial charge < -0.3 is 23.7 Å². The molecule has 0 aromatic rings. The first-order valence-electron chi connectivity index (χ1n) is 12.5. The summed E-state index contributed by atoms with van der Waals surface area (Å²) in [7, 11) is 0. The van der Waals surface area contributed by atoms with Crippen LogP contribution in [-0.4, -0.2) is 61.1 Å². The van der Waals surface area contributed by atoms with E-state index in [9.17, 15) is 24.7 Å². The molecule has 0 aliphatic carbocycles. The Balaban J connectivity index is 3.57. The third-order valence-electron chi connectivity index (χ3n) is 5.33. The summed E-state index contributed by atoms with van der Waals surface area (Å²) >= 11 is 0. The molecule has 1 aliphatic rings. The molecule has 12 nitrogen and oxygen atoms in total. The number of carbonyl (C=O) groups is 4. The van der Waals surface area contributed by atoms with E-state index in [4.69, 9.17) is 23.7 Å². The minimum absolute atomic E-state index is 0.422. The molecule has 1 saturated heterocycles. The second-order valence-electron chi connectivity index (χ2n) is 13.5. The minimum atomic E-state index is -1.49. The van der Waals surface area contributed by atoms with E-state index in [1.54, 1.807) is 83.1 Å². The Labute approximate surface area is 224 Å². The van der Waals surface area contributed by atoms with E-state index in [-0.39, 0.29) is 0 Å². The Kier molecular flexibility index (Phi) is 10.4. The highest BCUT2D eigenvalue weighted by Gasteiger charge is 2.56. The molecule has 216 valence electrons. The first-order chi connectivity index (χ1) is 17.0. The number of nitrogens with zero attached hydrogens (tertiary/aromatic N) is 3. The summed E-state index contributed by atoms with van der Waals surface area (Å²) in [4.78, 5) is 53.8. The van der Waals surface area contributed by atoms with Crippen LogP contribution < -0.4 is 0 Å². The highest BCUT2D eigenvalue weighted by Crippen LogP contribution is 2.35. The van der Waals surface area contributed by atoms with E-state index < -0.39 is 82.8 Å². The largest absolute Gasteiger partial charge is 0.465 e. The molecule has 1 fully saturated rings. The summed E-state index contributed by atoms with van der Waals surface area (Å²) in [6.45, 7) is 19.2. The molecule has 1 aliphatic heterocycles. The van der Waals surface area contributed by atoms with Gasteiger partial charge in [-0.1, -0.05) is 5.11 Å². The van der Waals surface area contributed by atoms with E-state index in [1.807, 2.05) is 0 Å². The molecule has 5 atom stereocenters. The third-order valence-corrected chi connectivity index (χ3v) is 5.33. The average Bonchev–Trinajstić information content (AvgIpc) is 3.04. The van der Waals surface area contributed by atoms with Crippen LogP contribution in [0.1, 0.15) is 83.1 Å². The first-order valence-corrected chi connectivity index (χ1v) is 12.5. The Hall–Kier alpha value is -2.85. The number of hydrogen-bond donors (Lipinski definition) is 0. The standard InChI is InChI=1S/C26H43N3O9/c1-23(2,3)19(30)34-13-14(28-29-27)15-16(36-20(31)24(4,5)6)17(37-21(32)25(7,8)9)18(35-15)38-22(33)26(10,11)12/h14-18H,13H2,1-12H3/t14?,15-,16+,17?,18+/m1/s1. The van der Waals surface area contributed by atoms with Crippen molar-refractivity contribution < 1.29 is 42.9 Å². The van der Waals surface area contributed by atoms with Crippen molar-refractivity contribution in [3.05, 3.63) is 10.4 Å². The Morgan fingerprint density at radius 1 is 0.711 bits per heavy atom. The van der Waals surface area contributed by atoms with E-state index in [2.05, 4.69) is 10.0 Å². The van der Waals surface area contributed by atoms with Crippen LogP contribution in [0.15, 0.2) is 5.11 Å². The van der Waals surface area contributed by atoms with Gasteiger partial charge in [0, 0.05) is 4.91 Å². The van der Waals surface area contributed by atoms with Crippen LogP contribution >= 0.6 is 0 Å². The van der Waals surface area contributed by atoms with E-state index in [0.717, 1.165) is 0 Å². The number of hydrogen-bond acceptors (Lipinski definition) is 10. The summed E-state index contributed by atoms with van der Waals surface area (Å²) in [5.74, 6) is -2.56. The zero-order valence-electron chi connectivity index (χ0n) is 24.6. The van der Waals surface area contributed by atoms with Crippen molar-refractivity contribution in [2.24, 2.45) is 26.8 Å². The van der Waals surface area contributed by atoms with Crippen LogP contribution in [0.3, 0.4) is 0 Å². The van der Waals surface area contributed by atoms with Crippen molar-refractivity contribution >= 4 is 23.9 Å². The Morgan fingerprint density at radius 3 is 1.50 bits per heavy atom. The predicted molar refractivity (Wildman–Crippen MR) is 136 cm³/mol. The predicted octanol–water partition coefficient (Wildman–Crippen LogP) is 4.48. The molecule has 38 heavy (non-hydrogen) atoms. The zero-order chi connectivity index (χ0) is 29.9. The fraction of sp³-hybridized carbons (Fsp3) is 0.846. The number of carbonyl (C=O) groups excluding carboxylic acids is 4. The quantitative estimate of drug-likeness (QED) is 0.148. The number of azide groups is 1. The molecule has 0 saturated carbocycles. The van der Waals surface area contributed by atoms with Crippen molar-refractivity contribution in [3.8, 4) is 0 Å². The number of ether oxygens (including phenoxy) is 5. The maximum absolute atomic E-state index is 12.9. The molecule has 0 bridgehead atoms. The van der Waals surface area contributed by atoms with E-state index in [1.165, 1.54) is 0 Å². The van der Waals surface area contributed by atoms with Crippen molar-refractivity contribution in [2.45, 2.75) is 114 Å². The molecule has 0 spiro atoms. The van der Waals surface area contributed by atoms with Gasteiger partial charge in [-0.2, -0.15) is 0 Å². The topological polar surface area (TPSA) is 163 Å². The lowest BCUT2D eigenvalue weighted by molar-refractivity contribution is -0.207. The van der Waals surface area contributed by atoms with Crippen molar-refractivity contribution in [3.63, 3.8) is 0 Å². The SMILES string of the molecule is CC(C)(C)C(=O)OCC(N=[N+]=[N-])[C@H]1O[C@@H](OC(=O)C(C)(C)C)C(OC(=O)C(C)(C)C)[C@H]1OC(=O)C(C)(C)C. The molecule has 0 N–H and O–H groups in total. The van der Waals surface area contributed by atoms with Crippen LogP contribution in [0.25, 0.3) is 10.4 Å². The van der Waals surface area contributed by atoms with Gasteiger partial charge in [0.15, 0.2) is 6.10 Å². The molecule has 2 unspecified atom stereocenters. The van der Waals surface area contributed by atoms with Crippen molar-refractivity contribution in [1.29, 1.82) is 0 Å². The number of esters is 4. The monoisotopic (exact) mass is 541 g/mol. The Bertz CT molecular complexity index is 945. The lowest BCUT2D eigenvalue weighted by Gasteiger charge is -2.30. The molecular weight excluding hydrogens is 498 g/mol. The summed E-state index contributed by atoms with van der Waals surface area (Å²) in [5, 5.41) is 3.71. The molecule has 1 rings (SSSR count). The summed E-state index contributed by atoms with van der Waals surface area (Å²) in [6, 6.07) is -1.21. The molecule has 1 heterocycles. The highest BCUT2D eigenvalue weighted by atomic mass is 16.7. The second-order valence-corrected chi connectivity index (χ2v) is 13.5. The smallest absolute Gasteiger partial charge is 0.313 e. The Morgan fingerprint density at radius 2 is 1.11 bits per heavy atom. The van der Waals surface area contributed by atoms with Gasteiger partial charge in [-0.05, 0) is 88.6 Å². The van der Waals surface area contributed by atoms with Gasteiger partial charge in [0.25, 0.3) is 0 Å². The molecule has 0 aromatic heterocycles. The zero-order valence-corrected chi connectivity index (χ0v) is 24.6. The van der Waals surface area contributed by atoms with Gasteiger partial charge in [-0.3, -0.25) is 19.2 Å². The highest BCUT2D eigenvalue weighted by molar-refractivity contribution is 5.78. The van der Waals surface area contributed by atoms with Crippen LogP contribution in [0.5, 0.6) is 0 Å². The summed E-state index contributed by atoms with van der Waals surface area (Å²) in [5.41, 5.74) is 5.54. The minimum Gasteiger partial charge on any atom is -0.465 e. The molecule has 0 aromatic carbocycles. The summed E-state index contributed by atoms with van der Waals surface area (Å²) < 4.78 is 28.3. The second kappa shape index (κ2) is 11.9. The van der Waals surface area contributed by atoms with Gasteiger partial charge in [0.2, 0.25) is 12.4 Å². The van der Waals surface area contributed by atoms with Crippen LogP contribution in [0, 0.1) is 21.7 Å². The van der Waals surface area contributed by atoms with Gasteiger partial charge in [-0.25, -0.2) is 0 Å². The fourth-order valence-electron chi connectivity index (χ4n) is 2.83.